The molecule has 4 nitrogen and oxygen atoms in total. The standard InChI is InChI=1S/C18H18ClFN2O2/c1-4-12-6-13-14(18-15(20)5-11(19)8-21-18)7-16(9(2)23)22-17(13)10(3)24-12/h5,7-8,10,12H,4,6H2,1-3H3/t10-,12+/m1/s1. The Hall–Kier alpha value is -1.85. The number of pyridine rings is 2. The first-order valence-electron chi connectivity index (χ1n) is 7.92. The van der Waals surface area contributed by atoms with Gasteiger partial charge in [0.15, 0.2) is 11.6 Å². The first kappa shape index (κ1) is 17.0. The predicted molar refractivity (Wildman–Crippen MR) is 89.7 cm³/mol. The minimum absolute atomic E-state index is 0.0339. The van der Waals surface area contributed by atoms with Gasteiger partial charge in [0.25, 0.3) is 0 Å². The van der Waals surface area contributed by atoms with Crippen LogP contribution in [0.3, 0.4) is 0 Å². The highest BCUT2D eigenvalue weighted by Gasteiger charge is 2.29. The molecule has 0 spiro atoms. The van der Waals surface area contributed by atoms with Crippen LogP contribution >= 0.6 is 11.6 Å². The number of fused-ring (bicyclic) bond motifs is 1. The van der Waals surface area contributed by atoms with Crippen LogP contribution in [0.15, 0.2) is 18.3 Å². The maximum atomic E-state index is 14.4. The van der Waals surface area contributed by atoms with Gasteiger partial charge in [-0.15, -0.1) is 0 Å². The number of ether oxygens (including phenoxy) is 1. The van der Waals surface area contributed by atoms with E-state index in [0.717, 1.165) is 12.0 Å². The predicted octanol–water partition coefficient (Wildman–Crippen LogP) is 4.55. The molecule has 126 valence electrons. The summed E-state index contributed by atoms with van der Waals surface area (Å²) in [7, 11) is 0. The highest BCUT2D eigenvalue weighted by atomic mass is 35.5. The highest BCUT2D eigenvalue weighted by molar-refractivity contribution is 6.30. The van der Waals surface area contributed by atoms with E-state index in [4.69, 9.17) is 16.3 Å². The number of hydrogen-bond acceptors (Lipinski definition) is 4. The van der Waals surface area contributed by atoms with Gasteiger partial charge in [0.2, 0.25) is 0 Å². The van der Waals surface area contributed by atoms with Crippen molar-refractivity contribution in [1.29, 1.82) is 0 Å². The number of carbonyl (C=O) groups is 1. The number of Topliss-reactive ketones (excluding diaryl/α,β-unsaturated/α-hetero) is 1. The number of nitrogens with zero attached hydrogens (tertiary/aromatic N) is 2. The molecular formula is C18H18ClFN2O2. The van der Waals surface area contributed by atoms with E-state index < -0.39 is 5.82 Å². The molecule has 0 saturated carbocycles. The molecule has 3 rings (SSSR count). The third-order valence-electron chi connectivity index (χ3n) is 4.25. The van der Waals surface area contributed by atoms with Crippen LogP contribution in [0.5, 0.6) is 0 Å². The van der Waals surface area contributed by atoms with Gasteiger partial charge in [0.05, 0.1) is 22.9 Å². The molecule has 0 unspecified atom stereocenters. The van der Waals surface area contributed by atoms with E-state index >= 15 is 0 Å². The Labute approximate surface area is 145 Å². The average Bonchev–Trinajstić information content (AvgIpc) is 2.54. The fraction of sp³-hybridized carbons (Fsp3) is 0.389. The maximum Gasteiger partial charge on any atom is 0.178 e. The lowest BCUT2D eigenvalue weighted by atomic mass is 9.91. The summed E-state index contributed by atoms with van der Waals surface area (Å²) < 4.78 is 20.4. The van der Waals surface area contributed by atoms with Gasteiger partial charge in [-0.25, -0.2) is 9.37 Å². The summed E-state index contributed by atoms with van der Waals surface area (Å²) in [4.78, 5) is 20.4. The summed E-state index contributed by atoms with van der Waals surface area (Å²) in [6, 6.07) is 2.84. The van der Waals surface area contributed by atoms with Crippen LogP contribution in [0.25, 0.3) is 11.3 Å². The Morgan fingerprint density at radius 2 is 2.21 bits per heavy atom. The van der Waals surface area contributed by atoms with Crippen LogP contribution in [0.1, 0.15) is 55.0 Å². The molecule has 2 atom stereocenters. The van der Waals surface area contributed by atoms with Crippen LogP contribution < -0.4 is 0 Å². The molecule has 0 bridgehead atoms. The van der Waals surface area contributed by atoms with E-state index in [2.05, 4.69) is 9.97 Å². The van der Waals surface area contributed by atoms with Gasteiger partial charge in [-0.3, -0.25) is 9.78 Å². The first-order chi connectivity index (χ1) is 11.4. The lowest BCUT2D eigenvalue weighted by Gasteiger charge is -2.30. The van der Waals surface area contributed by atoms with E-state index in [9.17, 15) is 9.18 Å². The molecule has 0 saturated heterocycles. The van der Waals surface area contributed by atoms with Crippen molar-refractivity contribution in [2.45, 2.75) is 45.8 Å². The topological polar surface area (TPSA) is 52.1 Å². The van der Waals surface area contributed by atoms with Gasteiger partial charge >= 0.3 is 0 Å². The minimum Gasteiger partial charge on any atom is -0.369 e. The summed E-state index contributed by atoms with van der Waals surface area (Å²) >= 11 is 5.81. The summed E-state index contributed by atoms with van der Waals surface area (Å²) in [6.07, 6.45) is 2.63. The Morgan fingerprint density at radius 3 is 2.83 bits per heavy atom. The molecule has 2 aromatic heterocycles. The number of aromatic nitrogens is 2. The Balaban J connectivity index is 2.25. The zero-order chi connectivity index (χ0) is 17.4. The molecule has 3 heterocycles. The van der Waals surface area contributed by atoms with Gasteiger partial charge in [-0.05, 0) is 31.0 Å². The second kappa shape index (κ2) is 6.57. The zero-order valence-corrected chi connectivity index (χ0v) is 14.5. The average molecular weight is 349 g/mol. The Kier molecular flexibility index (Phi) is 4.65. The molecular weight excluding hydrogens is 331 g/mol. The van der Waals surface area contributed by atoms with Gasteiger partial charge in [-0.2, -0.15) is 0 Å². The summed E-state index contributed by atoms with van der Waals surface area (Å²) in [5.74, 6) is -0.698. The lowest BCUT2D eigenvalue weighted by molar-refractivity contribution is -0.0196. The second-order valence-corrected chi connectivity index (χ2v) is 6.41. The summed E-state index contributed by atoms with van der Waals surface area (Å²) in [5, 5.41) is 0.231. The van der Waals surface area contributed by atoms with Crippen molar-refractivity contribution in [2.24, 2.45) is 0 Å². The molecule has 0 amide bonds. The van der Waals surface area contributed by atoms with E-state index in [1.54, 1.807) is 6.07 Å². The SMILES string of the molecule is CC[C@H]1Cc2c(-c3ncc(Cl)cc3F)cc(C(C)=O)nc2[C@@H](C)O1. The molecule has 1 aliphatic rings. The van der Waals surface area contributed by atoms with Crippen molar-refractivity contribution < 1.29 is 13.9 Å². The number of carbonyl (C=O) groups excluding carboxylic acids is 1. The van der Waals surface area contributed by atoms with Gasteiger partial charge in [-0.1, -0.05) is 18.5 Å². The van der Waals surface area contributed by atoms with Crippen LogP contribution in [-0.4, -0.2) is 21.9 Å². The molecule has 1 aliphatic heterocycles. The van der Waals surface area contributed by atoms with Crippen molar-refractivity contribution in [3.05, 3.63) is 46.1 Å². The Bertz CT molecular complexity index is 810. The smallest absolute Gasteiger partial charge is 0.178 e. The maximum absolute atomic E-state index is 14.4. The largest absolute Gasteiger partial charge is 0.369 e. The van der Waals surface area contributed by atoms with Crippen LogP contribution in [-0.2, 0) is 11.2 Å². The molecule has 24 heavy (non-hydrogen) atoms. The monoisotopic (exact) mass is 348 g/mol. The number of ketones is 1. The number of rotatable bonds is 3. The van der Waals surface area contributed by atoms with Crippen molar-refractivity contribution in [2.75, 3.05) is 0 Å². The van der Waals surface area contributed by atoms with E-state index in [0.29, 0.717) is 17.7 Å². The quantitative estimate of drug-likeness (QED) is 0.763. The van der Waals surface area contributed by atoms with Gasteiger partial charge in [0.1, 0.15) is 11.4 Å². The fourth-order valence-electron chi connectivity index (χ4n) is 3.02. The number of halogens is 2. The first-order valence-corrected chi connectivity index (χ1v) is 8.30. The van der Waals surface area contributed by atoms with Crippen LogP contribution in [0.2, 0.25) is 5.02 Å². The summed E-state index contributed by atoms with van der Waals surface area (Å²) in [5.41, 5.74) is 2.63. The molecule has 6 heteroatoms. The molecule has 0 N–H and O–H groups in total. The second-order valence-electron chi connectivity index (χ2n) is 5.97. The van der Waals surface area contributed by atoms with Crippen LogP contribution in [0.4, 0.5) is 4.39 Å². The Morgan fingerprint density at radius 1 is 1.46 bits per heavy atom. The number of hydrogen-bond donors (Lipinski definition) is 0. The normalized spacial score (nSPS) is 19.9. The molecule has 0 aromatic carbocycles. The summed E-state index contributed by atoms with van der Waals surface area (Å²) in [6.45, 7) is 5.38. The zero-order valence-electron chi connectivity index (χ0n) is 13.8. The van der Waals surface area contributed by atoms with Gasteiger partial charge < -0.3 is 4.74 Å². The van der Waals surface area contributed by atoms with Crippen molar-refractivity contribution in [3.63, 3.8) is 0 Å². The van der Waals surface area contributed by atoms with E-state index in [-0.39, 0.29) is 34.4 Å². The third kappa shape index (κ3) is 3.06. The van der Waals surface area contributed by atoms with E-state index in [1.807, 2.05) is 13.8 Å². The highest BCUT2D eigenvalue weighted by Crippen LogP contribution is 2.37. The molecule has 0 fully saturated rings. The molecule has 0 radical (unpaired) electrons. The minimum atomic E-state index is -0.516. The lowest BCUT2D eigenvalue weighted by Crippen LogP contribution is -2.27. The van der Waals surface area contributed by atoms with Gasteiger partial charge in [0, 0.05) is 25.1 Å². The van der Waals surface area contributed by atoms with E-state index in [1.165, 1.54) is 19.2 Å². The fourth-order valence-corrected chi connectivity index (χ4v) is 3.16. The third-order valence-corrected chi connectivity index (χ3v) is 4.46. The van der Waals surface area contributed by atoms with Crippen molar-refractivity contribution in [1.82, 2.24) is 9.97 Å². The van der Waals surface area contributed by atoms with Crippen LogP contribution in [0, 0.1) is 5.82 Å². The molecule has 0 aliphatic carbocycles. The van der Waals surface area contributed by atoms with Crippen molar-refractivity contribution in [3.8, 4) is 11.3 Å². The van der Waals surface area contributed by atoms with Crippen molar-refractivity contribution >= 4 is 17.4 Å². The molecule has 2 aromatic rings.